The van der Waals surface area contributed by atoms with Crippen molar-refractivity contribution in [2.24, 2.45) is 0 Å². The minimum absolute atomic E-state index is 0.833. The summed E-state index contributed by atoms with van der Waals surface area (Å²) in [6, 6.07) is 94.3. The zero-order chi connectivity index (χ0) is 45.7. The van der Waals surface area contributed by atoms with Crippen molar-refractivity contribution >= 4 is 70.5 Å². The Kier molecular flexibility index (Phi) is 10.1. The molecule has 0 fully saturated rings. The van der Waals surface area contributed by atoms with Crippen LogP contribution in [0.3, 0.4) is 0 Å². The second-order valence-electron chi connectivity index (χ2n) is 17.6. The van der Waals surface area contributed by atoms with Crippen LogP contribution in [0.2, 0.25) is 0 Å². The largest absolute Gasteiger partial charge is 0.454 e. The van der Waals surface area contributed by atoms with Gasteiger partial charge in [0.05, 0.1) is 17.1 Å². The van der Waals surface area contributed by atoms with E-state index < -0.39 is 0 Å². The fraction of sp³-hybridized carbons (Fsp3) is 0. The first kappa shape index (κ1) is 40.5. The number of nitrogens with zero attached hydrogens (tertiary/aromatic N) is 1. The van der Waals surface area contributed by atoms with E-state index in [9.17, 15) is 0 Å². The second kappa shape index (κ2) is 17.2. The molecule has 2 nitrogen and oxygen atoms in total. The Morgan fingerprint density at radius 1 is 0.290 bits per heavy atom. The van der Waals surface area contributed by atoms with Crippen LogP contribution in [0.15, 0.2) is 265 Å². The number of hydrogen-bond donors (Lipinski definition) is 0. The van der Waals surface area contributed by atoms with E-state index in [1.807, 2.05) is 11.3 Å². The molecule has 13 rings (SSSR count). The van der Waals surface area contributed by atoms with Gasteiger partial charge in [0.2, 0.25) is 0 Å². The Morgan fingerprint density at radius 2 is 0.768 bits per heavy atom. The van der Waals surface area contributed by atoms with Gasteiger partial charge in [-0.05, 0) is 104 Å². The molecule has 2 heterocycles. The molecule has 3 heteroatoms. The van der Waals surface area contributed by atoms with E-state index in [0.29, 0.717) is 0 Å². The SMILES string of the molecule is c1ccc(-c2cccc(-c3ccc(-c4ccccc4)c(N(c4cccc5c4oc4cc(-c6ccccc6)ccc45)c4ccc(-c5ccccc5)c5sc6cc(-c7ccccc7)ccc6c45)c3)c2)cc1. The third kappa shape index (κ3) is 7.28. The molecule has 2 aromatic heterocycles. The number of benzene rings is 11. The summed E-state index contributed by atoms with van der Waals surface area (Å²) in [6.07, 6.45) is 0. The molecular weight excluding hydrogens is 855 g/mol. The summed E-state index contributed by atoms with van der Waals surface area (Å²) in [7, 11) is 0. The third-order valence-electron chi connectivity index (χ3n) is 13.5. The van der Waals surface area contributed by atoms with Gasteiger partial charge in [-0.2, -0.15) is 0 Å². The van der Waals surface area contributed by atoms with Gasteiger partial charge in [0.15, 0.2) is 5.58 Å². The molecule has 69 heavy (non-hydrogen) atoms. The summed E-state index contributed by atoms with van der Waals surface area (Å²) in [5, 5.41) is 4.57. The van der Waals surface area contributed by atoms with Crippen molar-refractivity contribution in [3.63, 3.8) is 0 Å². The van der Waals surface area contributed by atoms with Gasteiger partial charge in [-0.25, -0.2) is 0 Å². The van der Waals surface area contributed by atoms with Crippen LogP contribution >= 0.6 is 11.3 Å². The summed E-state index contributed by atoms with van der Waals surface area (Å²) < 4.78 is 9.67. The van der Waals surface area contributed by atoms with Crippen molar-refractivity contribution in [1.82, 2.24) is 0 Å². The van der Waals surface area contributed by atoms with Crippen LogP contribution < -0.4 is 4.90 Å². The van der Waals surface area contributed by atoms with E-state index in [0.717, 1.165) is 72.4 Å². The lowest BCUT2D eigenvalue weighted by Gasteiger charge is -2.30. The first-order chi connectivity index (χ1) is 34.2. The molecule has 0 N–H and O–H groups in total. The van der Waals surface area contributed by atoms with E-state index in [2.05, 4.69) is 266 Å². The van der Waals surface area contributed by atoms with E-state index in [1.165, 1.54) is 53.6 Å². The predicted octanol–water partition coefficient (Wildman–Crippen LogP) is 19.4. The summed E-state index contributed by atoms with van der Waals surface area (Å²) >= 11 is 1.87. The number of anilines is 3. The van der Waals surface area contributed by atoms with E-state index in [1.54, 1.807) is 0 Å². The Morgan fingerprint density at radius 3 is 1.41 bits per heavy atom. The summed E-state index contributed by atoms with van der Waals surface area (Å²) in [4.78, 5) is 2.49. The number of furan rings is 1. The molecule has 0 saturated carbocycles. The topological polar surface area (TPSA) is 16.4 Å². The number of thiophene rings is 1. The second-order valence-corrected chi connectivity index (χ2v) is 18.6. The van der Waals surface area contributed by atoms with Crippen LogP contribution in [0.1, 0.15) is 0 Å². The fourth-order valence-corrected chi connectivity index (χ4v) is 11.4. The van der Waals surface area contributed by atoms with Crippen molar-refractivity contribution in [3.8, 4) is 66.8 Å². The Bertz CT molecular complexity index is 3990. The van der Waals surface area contributed by atoms with Crippen molar-refractivity contribution in [2.75, 3.05) is 4.90 Å². The quantitative estimate of drug-likeness (QED) is 0.144. The Labute approximate surface area is 405 Å². The van der Waals surface area contributed by atoms with Gasteiger partial charge in [0, 0.05) is 36.5 Å². The molecule has 0 aliphatic heterocycles. The van der Waals surface area contributed by atoms with Crippen LogP contribution in [0.5, 0.6) is 0 Å². The number of rotatable bonds is 9. The van der Waals surface area contributed by atoms with Crippen LogP contribution in [-0.4, -0.2) is 0 Å². The Hall–Kier alpha value is -8.76. The normalized spacial score (nSPS) is 11.5. The molecule has 0 unspecified atom stereocenters. The van der Waals surface area contributed by atoms with Gasteiger partial charge in [0.1, 0.15) is 5.58 Å². The highest BCUT2D eigenvalue weighted by Crippen LogP contribution is 2.53. The van der Waals surface area contributed by atoms with E-state index >= 15 is 0 Å². The average molecular weight is 898 g/mol. The Balaban J connectivity index is 1.12. The molecule has 0 aliphatic rings. The summed E-state index contributed by atoms with van der Waals surface area (Å²) in [6.45, 7) is 0. The molecule has 0 bridgehead atoms. The lowest BCUT2D eigenvalue weighted by atomic mass is 9.94. The van der Waals surface area contributed by atoms with Crippen molar-refractivity contribution in [2.45, 2.75) is 0 Å². The van der Waals surface area contributed by atoms with Crippen LogP contribution in [0.25, 0.3) is 109 Å². The molecule has 11 aromatic carbocycles. The van der Waals surface area contributed by atoms with Crippen molar-refractivity contribution in [3.05, 3.63) is 261 Å². The standard InChI is InChI=1S/C66H43NOS/c1-6-18-44(19-7-1)49-28-16-29-50(40-49)51-32-35-54(47-24-12-4-13-25-47)61(41-51)67(60-31-17-30-57-56-36-33-52(42-62(56)68-65(57)60)45-20-8-2-9-21-45)59-39-38-55(48-26-14-5-15-27-48)66-64(59)58-37-34-53(43-63(58)69-66)46-22-10-3-11-23-46/h1-43H. The van der Waals surface area contributed by atoms with Gasteiger partial charge in [-0.15, -0.1) is 11.3 Å². The smallest absolute Gasteiger partial charge is 0.159 e. The third-order valence-corrected chi connectivity index (χ3v) is 14.7. The average Bonchev–Trinajstić information content (AvgIpc) is 4.01. The van der Waals surface area contributed by atoms with Gasteiger partial charge >= 0.3 is 0 Å². The van der Waals surface area contributed by atoms with Gasteiger partial charge < -0.3 is 9.32 Å². The van der Waals surface area contributed by atoms with Crippen LogP contribution in [0, 0.1) is 0 Å². The summed E-state index contributed by atoms with van der Waals surface area (Å²) in [5.74, 6) is 0. The maximum Gasteiger partial charge on any atom is 0.159 e. The van der Waals surface area contributed by atoms with E-state index in [-0.39, 0.29) is 0 Å². The van der Waals surface area contributed by atoms with Crippen molar-refractivity contribution < 1.29 is 4.42 Å². The van der Waals surface area contributed by atoms with Gasteiger partial charge in [-0.3, -0.25) is 0 Å². The highest BCUT2D eigenvalue weighted by molar-refractivity contribution is 7.26. The maximum absolute atomic E-state index is 7.19. The van der Waals surface area contributed by atoms with E-state index in [4.69, 9.17) is 4.42 Å². The summed E-state index contributed by atoms with van der Waals surface area (Å²) in [5.41, 5.74) is 18.7. The molecule has 324 valence electrons. The van der Waals surface area contributed by atoms with Crippen LogP contribution in [0.4, 0.5) is 17.1 Å². The van der Waals surface area contributed by atoms with Crippen LogP contribution in [-0.2, 0) is 0 Å². The van der Waals surface area contributed by atoms with Gasteiger partial charge in [0.25, 0.3) is 0 Å². The first-order valence-corrected chi connectivity index (χ1v) is 24.3. The lowest BCUT2D eigenvalue weighted by Crippen LogP contribution is -2.12. The minimum atomic E-state index is 0.833. The molecule has 0 radical (unpaired) electrons. The maximum atomic E-state index is 7.19. The molecule has 0 saturated heterocycles. The highest BCUT2D eigenvalue weighted by atomic mass is 32.1. The number of hydrogen-bond acceptors (Lipinski definition) is 3. The zero-order valence-electron chi connectivity index (χ0n) is 37.6. The fourth-order valence-electron chi connectivity index (χ4n) is 10.1. The van der Waals surface area contributed by atoms with Gasteiger partial charge in [-0.1, -0.05) is 218 Å². The molecule has 0 atom stereocenters. The number of fused-ring (bicyclic) bond motifs is 6. The first-order valence-electron chi connectivity index (χ1n) is 23.5. The molecule has 13 aromatic rings. The molecule has 0 aliphatic carbocycles. The monoisotopic (exact) mass is 897 g/mol. The van der Waals surface area contributed by atoms with Crippen molar-refractivity contribution in [1.29, 1.82) is 0 Å². The predicted molar refractivity (Wildman–Crippen MR) is 294 cm³/mol. The minimum Gasteiger partial charge on any atom is -0.454 e. The molecule has 0 spiro atoms. The molecular formula is C66H43NOS. The molecule has 0 amide bonds. The zero-order valence-corrected chi connectivity index (χ0v) is 38.4. The highest BCUT2D eigenvalue weighted by Gasteiger charge is 2.27. The lowest BCUT2D eigenvalue weighted by molar-refractivity contribution is 0.669. The number of para-hydroxylation sites is 1.